The molecular formula is C21H21F3N4O. The first-order chi connectivity index (χ1) is 13.9. The van der Waals surface area contributed by atoms with E-state index in [1.807, 2.05) is 26.0 Å². The van der Waals surface area contributed by atoms with Crippen LogP contribution in [0.25, 0.3) is 0 Å². The van der Waals surface area contributed by atoms with Gasteiger partial charge in [-0.05, 0) is 37.6 Å². The second-order valence-electron chi connectivity index (χ2n) is 6.41. The number of para-hydroxylation sites is 2. The molecule has 0 saturated carbocycles. The van der Waals surface area contributed by atoms with Crippen molar-refractivity contribution in [3.8, 4) is 5.75 Å². The Morgan fingerprint density at radius 1 is 1.00 bits per heavy atom. The Bertz CT molecular complexity index is 959. The molecule has 0 aliphatic rings. The van der Waals surface area contributed by atoms with E-state index < -0.39 is 11.7 Å². The lowest BCUT2D eigenvalue weighted by molar-refractivity contribution is -0.137. The molecule has 0 atom stereocenters. The monoisotopic (exact) mass is 402 g/mol. The van der Waals surface area contributed by atoms with Crippen molar-refractivity contribution in [2.45, 2.75) is 26.4 Å². The molecule has 8 heteroatoms. The van der Waals surface area contributed by atoms with Crippen LogP contribution < -0.4 is 15.4 Å². The molecule has 1 aromatic heterocycles. The topological polar surface area (TPSA) is 59.1 Å². The fourth-order valence-corrected chi connectivity index (χ4v) is 2.55. The Morgan fingerprint density at radius 2 is 1.72 bits per heavy atom. The molecule has 5 nitrogen and oxygen atoms in total. The predicted molar refractivity (Wildman–Crippen MR) is 107 cm³/mol. The zero-order valence-corrected chi connectivity index (χ0v) is 16.0. The maximum Gasteiger partial charge on any atom is 0.421 e. The number of hydrogen-bond acceptors (Lipinski definition) is 5. The van der Waals surface area contributed by atoms with Crippen LogP contribution in [0.15, 0.2) is 54.7 Å². The number of nitrogens with zero attached hydrogens (tertiary/aromatic N) is 2. The van der Waals surface area contributed by atoms with E-state index in [1.54, 1.807) is 36.4 Å². The molecule has 0 unspecified atom stereocenters. The van der Waals surface area contributed by atoms with Gasteiger partial charge in [0.15, 0.2) is 0 Å². The Balaban J connectivity index is 1.94. The maximum absolute atomic E-state index is 13.5. The standard InChI is InChI=1S/C21H21F3N4O/c1-3-12-29-18-7-5-4-6-17(18)27-19-16(21(22,23)24)13-25-20(28-19)26-15-10-8-14(2)9-11-15/h4-11,13H,3,12H2,1-2H3,(H2,25,26,27,28). The van der Waals surface area contributed by atoms with Gasteiger partial charge < -0.3 is 15.4 Å². The van der Waals surface area contributed by atoms with E-state index in [0.29, 0.717) is 23.7 Å². The van der Waals surface area contributed by atoms with E-state index in [0.717, 1.165) is 18.2 Å². The highest BCUT2D eigenvalue weighted by Gasteiger charge is 2.35. The van der Waals surface area contributed by atoms with E-state index in [1.165, 1.54) is 0 Å². The highest BCUT2D eigenvalue weighted by molar-refractivity contribution is 5.67. The molecular weight excluding hydrogens is 381 g/mol. The molecule has 152 valence electrons. The third kappa shape index (κ3) is 5.37. The van der Waals surface area contributed by atoms with Crippen LogP contribution >= 0.6 is 0 Å². The number of hydrogen-bond donors (Lipinski definition) is 2. The van der Waals surface area contributed by atoms with Gasteiger partial charge in [-0.1, -0.05) is 36.8 Å². The third-order valence-electron chi connectivity index (χ3n) is 4.00. The minimum absolute atomic E-state index is 0.0521. The third-order valence-corrected chi connectivity index (χ3v) is 4.00. The molecule has 1 heterocycles. The maximum atomic E-state index is 13.5. The lowest BCUT2D eigenvalue weighted by Crippen LogP contribution is -2.13. The minimum atomic E-state index is -4.61. The van der Waals surface area contributed by atoms with Gasteiger partial charge in [-0.15, -0.1) is 0 Å². The van der Waals surface area contributed by atoms with Crippen molar-refractivity contribution in [1.82, 2.24) is 9.97 Å². The van der Waals surface area contributed by atoms with Gasteiger partial charge in [0.25, 0.3) is 0 Å². The van der Waals surface area contributed by atoms with Gasteiger partial charge in [0.05, 0.1) is 12.3 Å². The van der Waals surface area contributed by atoms with Crippen molar-refractivity contribution in [1.29, 1.82) is 0 Å². The molecule has 0 amide bonds. The summed E-state index contributed by atoms with van der Waals surface area (Å²) in [5.74, 6) is 0.153. The predicted octanol–water partition coefficient (Wildman–Crippen LogP) is 6.08. The zero-order chi connectivity index (χ0) is 20.9. The molecule has 0 fully saturated rings. The van der Waals surface area contributed by atoms with Crippen molar-refractivity contribution in [3.05, 3.63) is 65.9 Å². The van der Waals surface area contributed by atoms with Crippen LogP contribution in [-0.2, 0) is 6.18 Å². The van der Waals surface area contributed by atoms with Gasteiger partial charge in [0.1, 0.15) is 17.1 Å². The molecule has 0 bridgehead atoms. The van der Waals surface area contributed by atoms with Crippen molar-refractivity contribution in [2.75, 3.05) is 17.2 Å². The van der Waals surface area contributed by atoms with Crippen molar-refractivity contribution in [2.24, 2.45) is 0 Å². The van der Waals surface area contributed by atoms with Crippen LogP contribution in [0, 0.1) is 6.92 Å². The van der Waals surface area contributed by atoms with Crippen LogP contribution in [0.1, 0.15) is 24.5 Å². The Labute approximate surface area is 167 Å². The normalized spacial score (nSPS) is 11.2. The first-order valence-corrected chi connectivity index (χ1v) is 9.13. The van der Waals surface area contributed by atoms with Crippen molar-refractivity contribution >= 4 is 23.1 Å². The molecule has 3 aromatic rings. The number of benzene rings is 2. The van der Waals surface area contributed by atoms with Gasteiger partial charge in [0.2, 0.25) is 5.95 Å². The molecule has 0 aliphatic heterocycles. The summed E-state index contributed by atoms with van der Waals surface area (Å²) in [5.41, 5.74) is 1.17. The minimum Gasteiger partial charge on any atom is -0.491 e. The van der Waals surface area contributed by atoms with Gasteiger partial charge in [0, 0.05) is 11.9 Å². The zero-order valence-electron chi connectivity index (χ0n) is 16.0. The van der Waals surface area contributed by atoms with Gasteiger partial charge >= 0.3 is 6.18 Å². The summed E-state index contributed by atoms with van der Waals surface area (Å²) >= 11 is 0. The number of aryl methyl sites for hydroxylation is 1. The van der Waals surface area contributed by atoms with Crippen LogP contribution in [0.4, 0.5) is 36.3 Å². The molecule has 2 N–H and O–H groups in total. The molecule has 29 heavy (non-hydrogen) atoms. The van der Waals surface area contributed by atoms with Gasteiger partial charge in [-0.25, -0.2) is 4.98 Å². The number of aromatic nitrogens is 2. The lowest BCUT2D eigenvalue weighted by atomic mass is 10.2. The van der Waals surface area contributed by atoms with Crippen molar-refractivity contribution in [3.63, 3.8) is 0 Å². The Hall–Kier alpha value is -3.29. The summed E-state index contributed by atoms with van der Waals surface area (Å²) in [6, 6.07) is 14.2. The van der Waals surface area contributed by atoms with Gasteiger partial charge in [-0.3, -0.25) is 0 Å². The fraction of sp³-hybridized carbons (Fsp3) is 0.238. The molecule has 0 radical (unpaired) electrons. The summed E-state index contributed by atoms with van der Waals surface area (Å²) in [5, 5.41) is 5.68. The number of rotatable bonds is 7. The van der Waals surface area contributed by atoms with E-state index in [-0.39, 0.29) is 11.8 Å². The smallest absolute Gasteiger partial charge is 0.421 e. The number of halogens is 3. The van der Waals surface area contributed by atoms with E-state index in [9.17, 15) is 13.2 Å². The first kappa shape index (κ1) is 20.4. The second kappa shape index (κ2) is 8.81. The lowest BCUT2D eigenvalue weighted by Gasteiger charge is -2.17. The molecule has 3 rings (SSSR count). The summed E-state index contributed by atoms with van der Waals surface area (Å²) < 4.78 is 46.1. The van der Waals surface area contributed by atoms with Crippen LogP contribution in [0.5, 0.6) is 5.75 Å². The van der Waals surface area contributed by atoms with Gasteiger partial charge in [-0.2, -0.15) is 18.2 Å². The Kier molecular flexibility index (Phi) is 6.21. The van der Waals surface area contributed by atoms with Crippen LogP contribution in [-0.4, -0.2) is 16.6 Å². The highest BCUT2D eigenvalue weighted by Crippen LogP contribution is 2.37. The molecule has 0 spiro atoms. The average Bonchev–Trinajstić information content (AvgIpc) is 2.68. The SMILES string of the molecule is CCCOc1ccccc1Nc1nc(Nc2ccc(C)cc2)ncc1C(F)(F)F. The summed E-state index contributed by atoms with van der Waals surface area (Å²) in [4.78, 5) is 7.89. The quantitative estimate of drug-likeness (QED) is 0.502. The van der Waals surface area contributed by atoms with E-state index >= 15 is 0 Å². The van der Waals surface area contributed by atoms with Crippen molar-refractivity contribution < 1.29 is 17.9 Å². The first-order valence-electron chi connectivity index (χ1n) is 9.13. The van der Waals surface area contributed by atoms with E-state index in [4.69, 9.17) is 4.74 Å². The van der Waals surface area contributed by atoms with Crippen LogP contribution in [0.3, 0.4) is 0 Å². The summed E-state index contributed by atoms with van der Waals surface area (Å²) in [6.07, 6.45) is -3.06. The molecule has 2 aromatic carbocycles. The summed E-state index contributed by atoms with van der Waals surface area (Å²) in [7, 11) is 0. The number of nitrogens with one attached hydrogen (secondary N) is 2. The Morgan fingerprint density at radius 3 is 2.41 bits per heavy atom. The molecule has 0 saturated heterocycles. The fourth-order valence-electron chi connectivity index (χ4n) is 2.55. The summed E-state index contributed by atoms with van der Waals surface area (Å²) in [6.45, 7) is 4.35. The van der Waals surface area contributed by atoms with Crippen LogP contribution in [0.2, 0.25) is 0 Å². The average molecular weight is 402 g/mol. The number of alkyl halides is 3. The largest absolute Gasteiger partial charge is 0.491 e. The second-order valence-corrected chi connectivity index (χ2v) is 6.41. The number of ether oxygens (including phenoxy) is 1. The number of anilines is 4. The van der Waals surface area contributed by atoms with E-state index in [2.05, 4.69) is 20.6 Å². The molecule has 0 aliphatic carbocycles. The highest BCUT2D eigenvalue weighted by atomic mass is 19.4.